The van der Waals surface area contributed by atoms with E-state index in [1.165, 1.54) is 65.2 Å². The standard InChI is InChI=1S/C58H34N4O/c1-3-17-43-35(11-1)24-28-52-55(43)45-19-5-7-21-50(45)61(52)41-15-9-13-37(31-41)39-26-30-54-47(33-39)57-58(63-54)60-48-27-23-40(34-49(48)59-57)38-14-10-16-42(32-38)62-51-22-8-6-20-46(51)56-44-18-4-2-12-36(44)25-29-53(56)62/h1-34H. The first kappa shape index (κ1) is 34.2. The molecule has 0 fully saturated rings. The number of hydrogen-bond acceptors (Lipinski definition) is 3. The Kier molecular flexibility index (Phi) is 7.05. The van der Waals surface area contributed by atoms with Crippen LogP contribution < -0.4 is 0 Å². The van der Waals surface area contributed by atoms with E-state index < -0.39 is 0 Å². The van der Waals surface area contributed by atoms with Crippen molar-refractivity contribution in [1.29, 1.82) is 0 Å². The van der Waals surface area contributed by atoms with Crippen LogP contribution in [0, 0.1) is 0 Å². The lowest BCUT2D eigenvalue weighted by molar-refractivity contribution is 0.655. The van der Waals surface area contributed by atoms with Gasteiger partial charge in [-0.05, 0) is 117 Å². The first-order chi connectivity index (χ1) is 31.2. The predicted molar refractivity (Wildman–Crippen MR) is 261 cm³/mol. The van der Waals surface area contributed by atoms with Crippen LogP contribution in [-0.2, 0) is 0 Å². The van der Waals surface area contributed by atoms with Gasteiger partial charge in [0.15, 0.2) is 0 Å². The van der Waals surface area contributed by atoms with Gasteiger partial charge in [-0.15, -0.1) is 0 Å². The zero-order valence-electron chi connectivity index (χ0n) is 33.8. The van der Waals surface area contributed by atoms with Crippen molar-refractivity contribution in [1.82, 2.24) is 19.1 Å². The van der Waals surface area contributed by atoms with E-state index in [0.29, 0.717) is 5.71 Å². The van der Waals surface area contributed by atoms with E-state index in [4.69, 9.17) is 14.4 Å². The van der Waals surface area contributed by atoms with E-state index in [1.807, 2.05) is 6.07 Å². The van der Waals surface area contributed by atoms with Gasteiger partial charge >= 0.3 is 0 Å². The molecule has 0 spiro atoms. The Morgan fingerprint density at radius 3 is 1.48 bits per heavy atom. The molecule has 10 aromatic carbocycles. The Morgan fingerprint density at radius 2 is 0.857 bits per heavy atom. The van der Waals surface area contributed by atoms with E-state index in [0.717, 1.165) is 61.1 Å². The molecule has 14 rings (SSSR count). The Hall–Kier alpha value is -8.54. The first-order valence-corrected chi connectivity index (χ1v) is 21.4. The molecule has 0 saturated carbocycles. The van der Waals surface area contributed by atoms with Gasteiger partial charge in [0, 0.05) is 38.3 Å². The smallest absolute Gasteiger partial charge is 0.246 e. The van der Waals surface area contributed by atoms with Crippen molar-refractivity contribution in [2.75, 3.05) is 0 Å². The molecule has 5 nitrogen and oxygen atoms in total. The third-order valence-electron chi connectivity index (χ3n) is 13.1. The summed E-state index contributed by atoms with van der Waals surface area (Å²) < 4.78 is 11.1. The fraction of sp³-hybridized carbons (Fsp3) is 0. The molecule has 0 aliphatic rings. The highest BCUT2D eigenvalue weighted by molar-refractivity contribution is 6.22. The maximum Gasteiger partial charge on any atom is 0.246 e. The Balaban J connectivity index is 0.872. The molecule has 0 aliphatic carbocycles. The molecule has 14 aromatic rings. The van der Waals surface area contributed by atoms with Crippen molar-refractivity contribution in [2.24, 2.45) is 0 Å². The number of para-hydroxylation sites is 2. The zero-order valence-corrected chi connectivity index (χ0v) is 33.8. The topological polar surface area (TPSA) is 48.8 Å². The summed E-state index contributed by atoms with van der Waals surface area (Å²) in [7, 11) is 0. The Labute approximate surface area is 360 Å². The third kappa shape index (κ3) is 5.05. The predicted octanol–water partition coefficient (Wildman–Crippen LogP) is 15.4. The molecule has 0 bridgehead atoms. The minimum atomic E-state index is 0.537. The molecular weight excluding hydrogens is 769 g/mol. The van der Waals surface area contributed by atoms with Crippen LogP contribution in [0.5, 0.6) is 0 Å². The van der Waals surface area contributed by atoms with Crippen LogP contribution in [0.4, 0.5) is 0 Å². The fourth-order valence-electron chi connectivity index (χ4n) is 10.2. The molecule has 0 saturated heterocycles. The third-order valence-corrected chi connectivity index (χ3v) is 13.1. The van der Waals surface area contributed by atoms with Gasteiger partial charge in [0.25, 0.3) is 0 Å². The van der Waals surface area contributed by atoms with Gasteiger partial charge in [-0.3, -0.25) is 0 Å². The number of benzene rings is 10. The summed E-state index contributed by atoms with van der Waals surface area (Å²) in [6, 6.07) is 74.1. The summed E-state index contributed by atoms with van der Waals surface area (Å²) in [5.41, 5.74) is 15.0. The van der Waals surface area contributed by atoms with Crippen LogP contribution in [0.25, 0.3) is 132 Å². The van der Waals surface area contributed by atoms with E-state index in [2.05, 4.69) is 209 Å². The Bertz CT molecular complexity index is 4220. The molecule has 5 heteroatoms. The highest BCUT2D eigenvalue weighted by Crippen LogP contribution is 2.40. The number of rotatable bonds is 4. The highest BCUT2D eigenvalue weighted by Gasteiger charge is 2.18. The SMILES string of the molecule is c1cc(-c2ccc3nc4oc5ccc(-c6cccc(-n7c8ccccc8c8c9ccccc9ccc87)c6)cc5c4nc3c2)cc(-n2c3ccccc3c3c4ccccc4ccc32)c1. The van der Waals surface area contributed by atoms with Crippen molar-refractivity contribution in [3.05, 3.63) is 206 Å². The minimum Gasteiger partial charge on any atom is -0.436 e. The van der Waals surface area contributed by atoms with Crippen molar-refractivity contribution in [2.45, 2.75) is 0 Å². The normalized spacial score (nSPS) is 12.1. The van der Waals surface area contributed by atoms with E-state index in [1.54, 1.807) is 0 Å². The van der Waals surface area contributed by atoms with Gasteiger partial charge in [0.2, 0.25) is 5.71 Å². The van der Waals surface area contributed by atoms with Crippen LogP contribution in [0.15, 0.2) is 211 Å². The summed E-state index contributed by atoms with van der Waals surface area (Å²) in [4.78, 5) is 10.2. The van der Waals surface area contributed by atoms with Gasteiger partial charge in [0.05, 0.1) is 33.1 Å². The number of furan rings is 1. The summed E-state index contributed by atoms with van der Waals surface area (Å²) in [5, 5.41) is 11.0. The molecular formula is C58H34N4O. The van der Waals surface area contributed by atoms with Gasteiger partial charge < -0.3 is 13.6 Å². The molecule has 63 heavy (non-hydrogen) atoms. The molecule has 4 aromatic heterocycles. The first-order valence-electron chi connectivity index (χ1n) is 21.4. The molecule has 0 unspecified atom stereocenters. The lowest BCUT2D eigenvalue weighted by Gasteiger charge is -2.11. The maximum absolute atomic E-state index is 6.35. The second kappa shape index (κ2) is 13.0. The quantitative estimate of drug-likeness (QED) is 0.178. The van der Waals surface area contributed by atoms with Crippen LogP contribution in [-0.4, -0.2) is 19.1 Å². The number of fused-ring (bicyclic) bond motifs is 14. The van der Waals surface area contributed by atoms with E-state index >= 15 is 0 Å². The van der Waals surface area contributed by atoms with Gasteiger partial charge in [-0.2, -0.15) is 0 Å². The largest absolute Gasteiger partial charge is 0.436 e. The molecule has 4 heterocycles. The lowest BCUT2D eigenvalue weighted by atomic mass is 10.0. The molecule has 0 aliphatic heterocycles. The number of aromatic nitrogens is 4. The average molecular weight is 803 g/mol. The van der Waals surface area contributed by atoms with Crippen molar-refractivity contribution in [3.63, 3.8) is 0 Å². The minimum absolute atomic E-state index is 0.537. The molecule has 0 radical (unpaired) electrons. The number of nitrogens with zero attached hydrogens (tertiary/aromatic N) is 4. The van der Waals surface area contributed by atoms with Crippen LogP contribution in [0.3, 0.4) is 0 Å². The summed E-state index contributed by atoms with van der Waals surface area (Å²) in [6.07, 6.45) is 0. The summed E-state index contributed by atoms with van der Waals surface area (Å²) >= 11 is 0. The summed E-state index contributed by atoms with van der Waals surface area (Å²) in [5.74, 6) is 0. The number of hydrogen-bond donors (Lipinski definition) is 0. The van der Waals surface area contributed by atoms with E-state index in [-0.39, 0.29) is 0 Å². The Morgan fingerprint density at radius 1 is 0.333 bits per heavy atom. The fourth-order valence-corrected chi connectivity index (χ4v) is 10.2. The zero-order chi connectivity index (χ0) is 41.2. The van der Waals surface area contributed by atoms with E-state index in [9.17, 15) is 0 Å². The highest BCUT2D eigenvalue weighted by atomic mass is 16.3. The van der Waals surface area contributed by atoms with Gasteiger partial charge in [-0.1, -0.05) is 133 Å². The maximum atomic E-state index is 6.35. The average Bonchev–Trinajstić information content (AvgIpc) is 4.00. The molecule has 0 amide bonds. The van der Waals surface area contributed by atoms with Crippen LogP contribution in [0.2, 0.25) is 0 Å². The monoisotopic (exact) mass is 802 g/mol. The molecule has 0 atom stereocenters. The second-order valence-electron chi connectivity index (χ2n) is 16.6. The summed E-state index contributed by atoms with van der Waals surface area (Å²) in [6.45, 7) is 0. The lowest BCUT2D eigenvalue weighted by Crippen LogP contribution is -1.94. The van der Waals surface area contributed by atoms with Gasteiger partial charge in [0.1, 0.15) is 11.1 Å². The van der Waals surface area contributed by atoms with Gasteiger partial charge in [-0.25, -0.2) is 9.97 Å². The van der Waals surface area contributed by atoms with Crippen molar-refractivity contribution in [3.8, 4) is 33.6 Å². The van der Waals surface area contributed by atoms with Crippen molar-refractivity contribution >= 4 is 98.4 Å². The molecule has 292 valence electrons. The van der Waals surface area contributed by atoms with Crippen molar-refractivity contribution < 1.29 is 4.42 Å². The van der Waals surface area contributed by atoms with Crippen LogP contribution >= 0.6 is 0 Å². The van der Waals surface area contributed by atoms with Crippen LogP contribution in [0.1, 0.15) is 0 Å². The second-order valence-corrected chi connectivity index (χ2v) is 16.6. The molecule has 0 N–H and O–H groups in total.